The molecule has 0 aliphatic heterocycles. The maximum atomic E-state index is 11.1. The lowest BCUT2D eigenvalue weighted by molar-refractivity contribution is 0.189. The van der Waals surface area contributed by atoms with Crippen molar-refractivity contribution in [3.8, 4) is 0 Å². The number of nitrogens with one attached hydrogen (secondary N) is 2. The van der Waals surface area contributed by atoms with Gasteiger partial charge in [-0.15, -0.1) is 0 Å². The summed E-state index contributed by atoms with van der Waals surface area (Å²) in [5.74, 6) is 0. The van der Waals surface area contributed by atoms with E-state index in [0.717, 1.165) is 22.0 Å². The SMILES string of the molecule is Cc1cccc2c(C[C@@H](Cc3ccccc3)NC(=O)O)c[nH]c12. The predicted octanol–water partition coefficient (Wildman–Crippen LogP) is 3.90. The van der Waals surface area contributed by atoms with Crippen LogP contribution in [-0.2, 0) is 12.8 Å². The Hall–Kier alpha value is -2.75. The van der Waals surface area contributed by atoms with E-state index in [9.17, 15) is 4.79 Å². The van der Waals surface area contributed by atoms with Gasteiger partial charge < -0.3 is 15.4 Å². The maximum absolute atomic E-state index is 11.1. The number of carboxylic acid groups (broad SMARTS) is 1. The number of H-pyrrole nitrogens is 1. The number of para-hydroxylation sites is 1. The van der Waals surface area contributed by atoms with E-state index in [0.29, 0.717) is 12.8 Å². The highest BCUT2D eigenvalue weighted by Crippen LogP contribution is 2.23. The van der Waals surface area contributed by atoms with Crippen LogP contribution < -0.4 is 5.32 Å². The third kappa shape index (κ3) is 3.54. The Bertz CT molecular complexity index is 809. The highest BCUT2D eigenvalue weighted by molar-refractivity contribution is 5.86. The van der Waals surface area contributed by atoms with E-state index < -0.39 is 6.09 Å². The van der Waals surface area contributed by atoms with E-state index in [2.05, 4.69) is 29.4 Å². The highest BCUT2D eigenvalue weighted by Gasteiger charge is 2.16. The summed E-state index contributed by atoms with van der Waals surface area (Å²) in [4.78, 5) is 14.4. The van der Waals surface area contributed by atoms with E-state index >= 15 is 0 Å². The molecule has 4 nitrogen and oxygen atoms in total. The van der Waals surface area contributed by atoms with Crippen molar-refractivity contribution in [2.24, 2.45) is 0 Å². The summed E-state index contributed by atoms with van der Waals surface area (Å²) in [6.45, 7) is 2.07. The molecule has 0 saturated carbocycles. The topological polar surface area (TPSA) is 65.1 Å². The Balaban J connectivity index is 1.85. The Morgan fingerprint density at radius 1 is 1.13 bits per heavy atom. The van der Waals surface area contributed by atoms with Crippen LogP contribution >= 0.6 is 0 Å². The minimum absolute atomic E-state index is 0.158. The molecule has 4 heteroatoms. The average Bonchev–Trinajstić information content (AvgIpc) is 2.92. The molecule has 0 unspecified atom stereocenters. The number of hydrogen-bond donors (Lipinski definition) is 3. The van der Waals surface area contributed by atoms with Crippen LogP contribution in [0.15, 0.2) is 54.7 Å². The molecule has 0 aliphatic carbocycles. The van der Waals surface area contributed by atoms with Gasteiger partial charge in [0.25, 0.3) is 0 Å². The van der Waals surface area contributed by atoms with Crippen molar-refractivity contribution in [3.05, 3.63) is 71.4 Å². The zero-order valence-electron chi connectivity index (χ0n) is 13.0. The first-order valence-electron chi connectivity index (χ1n) is 7.72. The molecule has 3 N–H and O–H groups in total. The van der Waals surface area contributed by atoms with E-state index in [-0.39, 0.29) is 6.04 Å². The van der Waals surface area contributed by atoms with Gasteiger partial charge in [-0.3, -0.25) is 0 Å². The summed E-state index contributed by atoms with van der Waals surface area (Å²) in [5, 5.41) is 12.9. The van der Waals surface area contributed by atoms with Crippen molar-refractivity contribution in [1.29, 1.82) is 0 Å². The van der Waals surface area contributed by atoms with Gasteiger partial charge in [-0.1, -0.05) is 48.5 Å². The summed E-state index contributed by atoms with van der Waals surface area (Å²) < 4.78 is 0. The van der Waals surface area contributed by atoms with Gasteiger partial charge in [0, 0.05) is 23.1 Å². The second kappa shape index (κ2) is 6.57. The number of aromatic nitrogens is 1. The molecule has 1 atom stereocenters. The standard InChI is InChI=1S/C19H20N2O2/c1-13-6-5-9-17-15(12-20-18(13)17)11-16(21-19(22)23)10-14-7-3-2-4-8-14/h2-9,12,16,20-21H,10-11H2,1H3,(H,22,23)/t16-/m1/s1. The average molecular weight is 308 g/mol. The van der Waals surface area contributed by atoms with Crippen LogP contribution in [0.1, 0.15) is 16.7 Å². The summed E-state index contributed by atoms with van der Waals surface area (Å²) in [6, 6.07) is 16.0. The lowest BCUT2D eigenvalue weighted by Gasteiger charge is -2.17. The van der Waals surface area contributed by atoms with E-state index in [1.54, 1.807) is 0 Å². The van der Waals surface area contributed by atoms with Crippen molar-refractivity contribution in [2.75, 3.05) is 0 Å². The third-order valence-electron chi connectivity index (χ3n) is 4.13. The van der Waals surface area contributed by atoms with E-state index in [4.69, 9.17) is 5.11 Å². The molecule has 0 bridgehead atoms. The van der Waals surface area contributed by atoms with Crippen LogP contribution in [0.3, 0.4) is 0 Å². The van der Waals surface area contributed by atoms with Crippen molar-refractivity contribution in [1.82, 2.24) is 10.3 Å². The van der Waals surface area contributed by atoms with E-state index in [1.807, 2.05) is 42.6 Å². The minimum Gasteiger partial charge on any atom is -0.465 e. The fourth-order valence-electron chi connectivity index (χ4n) is 3.05. The first-order chi connectivity index (χ1) is 11.1. The second-order valence-electron chi connectivity index (χ2n) is 5.85. The molecule has 2 aromatic carbocycles. The molecule has 0 aliphatic rings. The van der Waals surface area contributed by atoms with Gasteiger partial charge in [0.2, 0.25) is 0 Å². The molecule has 0 radical (unpaired) electrons. The molecule has 0 spiro atoms. The minimum atomic E-state index is -0.984. The highest BCUT2D eigenvalue weighted by atomic mass is 16.4. The summed E-state index contributed by atoms with van der Waals surface area (Å²) in [5.41, 5.74) is 4.58. The van der Waals surface area contributed by atoms with Crippen LogP contribution in [0.4, 0.5) is 4.79 Å². The smallest absolute Gasteiger partial charge is 0.404 e. The van der Waals surface area contributed by atoms with Crippen molar-refractivity contribution in [2.45, 2.75) is 25.8 Å². The first-order valence-corrected chi connectivity index (χ1v) is 7.72. The molecule has 3 rings (SSSR count). The normalized spacial score (nSPS) is 12.2. The van der Waals surface area contributed by atoms with Crippen LogP contribution in [-0.4, -0.2) is 22.2 Å². The lowest BCUT2D eigenvalue weighted by Crippen LogP contribution is -2.37. The molecular formula is C19H20N2O2. The Kier molecular flexibility index (Phi) is 4.33. The van der Waals surface area contributed by atoms with E-state index in [1.165, 1.54) is 5.56 Å². The van der Waals surface area contributed by atoms with Gasteiger partial charge >= 0.3 is 6.09 Å². The number of amides is 1. The fraction of sp³-hybridized carbons (Fsp3) is 0.211. The summed E-state index contributed by atoms with van der Waals surface area (Å²) >= 11 is 0. The number of hydrogen-bond acceptors (Lipinski definition) is 1. The second-order valence-corrected chi connectivity index (χ2v) is 5.85. The largest absolute Gasteiger partial charge is 0.465 e. The Labute approximate surface area is 135 Å². The van der Waals surface area contributed by atoms with Gasteiger partial charge in [-0.2, -0.15) is 0 Å². The van der Waals surface area contributed by atoms with Crippen LogP contribution in [0.5, 0.6) is 0 Å². The van der Waals surface area contributed by atoms with Gasteiger partial charge in [-0.25, -0.2) is 4.79 Å². The molecule has 0 saturated heterocycles. The van der Waals surface area contributed by atoms with Gasteiger partial charge in [-0.05, 0) is 36.5 Å². The Morgan fingerprint density at radius 3 is 2.65 bits per heavy atom. The number of fused-ring (bicyclic) bond motifs is 1. The molecule has 1 amide bonds. The molecule has 0 fully saturated rings. The fourth-order valence-corrected chi connectivity index (χ4v) is 3.05. The lowest BCUT2D eigenvalue weighted by atomic mass is 9.98. The number of aromatic amines is 1. The van der Waals surface area contributed by atoms with Gasteiger partial charge in [0.05, 0.1) is 0 Å². The van der Waals surface area contributed by atoms with Crippen molar-refractivity contribution in [3.63, 3.8) is 0 Å². The zero-order valence-corrected chi connectivity index (χ0v) is 13.0. The van der Waals surface area contributed by atoms with Crippen molar-refractivity contribution >= 4 is 17.0 Å². The van der Waals surface area contributed by atoms with Crippen LogP contribution in [0.25, 0.3) is 10.9 Å². The monoisotopic (exact) mass is 308 g/mol. The number of benzene rings is 2. The van der Waals surface area contributed by atoms with Gasteiger partial charge in [0.15, 0.2) is 0 Å². The number of carbonyl (C=O) groups is 1. The van der Waals surface area contributed by atoms with Crippen LogP contribution in [0.2, 0.25) is 0 Å². The molecule has 1 heterocycles. The first kappa shape index (κ1) is 15.2. The number of aryl methyl sites for hydroxylation is 1. The molecule has 3 aromatic rings. The van der Waals surface area contributed by atoms with Crippen LogP contribution in [0, 0.1) is 6.92 Å². The molecular weight excluding hydrogens is 288 g/mol. The summed E-state index contributed by atoms with van der Waals surface area (Å²) in [7, 11) is 0. The van der Waals surface area contributed by atoms with Crippen molar-refractivity contribution < 1.29 is 9.90 Å². The Morgan fingerprint density at radius 2 is 1.91 bits per heavy atom. The molecule has 118 valence electrons. The summed E-state index contributed by atoms with van der Waals surface area (Å²) in [6.07, 6.45) is 2.33. The third-order valence-corrected chi connectivity index (χ3v) is 4.13. The quantitative estimate of drug-likeness (QED) is 0.669. The molecule has 1 aromatic heterocycles. The van der Waals surface area contributed by atoms with Gasteiger partial charge in [0.1, 0.15) is 0 Å². The maximum Gasteiger partial charge on any atom is 0.404 e. The zero-order chi connectivity index (χ0) is 16.2. The molecule has 23 heavy (non-hydrogen) atoms. The predicted molar refractivity (Wildman–Crippen MR) is 91.8 cm³/mol. The number of rotatable bonds is 5.